The SMILES string of the molecule is C.O.[H-].[H-].[H-].[H-].[Mg+2].[Sr+2]. The molecule has 0 saturated heterocycles. The second-order valence-electron chi connectivity index (χ2n) is 0. The van der Waals surface area contributed by atoms with Gasteiger partial charge >= 0.3 is 68.5 Å². The summed E-state index contributed by atoms with van der Waals surface area (Å²) in [5.74, 6) is 0. The second-order valence-corrected chi connectivity index (χ2v) is 0. The van der Waals surface area contributed by atoms with Gasteiger partial charge in [0.05, 0.1) is 0 Å². The molecule has 0 spiro atoms. The van der Waals surface area contributed by atoms with E-state index in [-0.39, 0.29) is 87.1 Å². The van der Waals surface area contributed by atoms with Crippen LogP contribution in [0.25, 0.3) is 0 Å². The molecule has 0 unspecified atom stereocenters. The predicted molar refractivity (Wildman–Crippen MR) is 26.3 cm³/mol. The molecule has 0 aliphatic heterocycles. The topological polar surface area (TPSA) is 31.5 Å². The van der Waals surface area contributed by atoms with E-state index in [4.69, 9.17) is 0 Å². The largest absolute Gasteiger partial charge is 2.00 e. The minimum absolute atomic E-state index is 0. The Bertz CT molecular complexity index is 16.0. The molecule has 0 fully saturated rings. The fraction of sp³-hybridized carbons (Fsp3) is 1.00. The Balaban J connectivity index is 0. The van der Waals surface area contributed by atoms with Gasteiger partial charge in [-0.25, -0.2) is 0 Å². The Labute approximate surface area is 85.8 Å². The number of hydrogen-bond donors (Lipinski definition) is 0. The van der Waals surface area contributed by atoms with Crippen LogP contribution in [0.2, 0.25) is 0 Å². The summed E-state index contributed by atoms with van der Waals surface area (Å²) < 4.78 is 0. The monoisotopic (exact) mass is 150 g/mol. The molecule has 2 N–H and O–H groups in total. The molecule has 3 heteroatoms. The van der Waals surface area contributed by atoms with Gasteiger partial charge in [-0.05, 0) is 0 Å². The van der Waals surface area contributed by atoms with Gasteiger partial charge in [-0.3, -0.25) is 0 Å². The van der Waals surface area contributed by atoms with Gasteiger partial charge in [0.15, 0.2) is 0 Å². The van der Waals surface area contributed by atoms with Gasteiger partial charge in [-0.15, -0.1) is 0 Å². The third-order valence-electron chi connectivity index (χ3n) is 0. The molecule has 0 aliphatic carbocycles. The van der Waals surface area contributed by atoms with E-state index < -0.39 is 0 Å². The molecular weight excluding hydrogens is 140 g/mol. The standard InChI is InChI=1S/CH4.Mg.H2O.Sr.4H/h1H4;;1H2;;;;;/q;+2;;+2;4*-1. The molecule has 0 amide bonds. The van der Waals surface area contributed by atoms with E-state index in [2.05, 4.69) is 0 Å². The maximum Gasteiger partial charge on any atom is 2.00 e. The molecule has 24 valence electrons. The van der Waals surface area contributed by atoms with Crippen LogP contribution in [-0.4, -0.2) is 74.0 Å². The van der Waals surface area contributed by atoms with Crippen LogP contribution in [0.1, 0.15) is 13.1 Å². The molecule has 1 nitrogen and oxygen atoms in total. The Morgan fingerprint density at radius 3 is 1.25 bits per heavy atom. The molecule has 0 aromatic carbocycles. The van der Waals surface area contributed by atoms with Gasteiger partial charge in [0.25, 0.3) is 0 Å². The smallest absolute Gasteiger partial charge is 1.00 e. The fourth-order valence-corrected chi connectivity index (χ4v) is 0. The van der Waals surface area contributed by atoms with Crippen LogP contribution >= 0.6 is 0 Å². The zero-order chi connectivity index (χ0) is 0. The first kappa shape index (κ1) is 34.6. The van der Waals surface area contributed by atoms with E-state index in [1.807, 2.05) is 0 Å². The van der Waals surface area contributed by atoms with Crippen LogP contribution in [0, 0.1) is 0 Å². The van der Waals surface area contributed by atoms with E-state index in [1.165, 1.54) is 0 Å². The summed E-state index contributed by atoms with van der Waals surface area (Å²) in [5.41, 5.74) is 0. The van der Waals surface area contributed by atoms with Gasteiger partial charge < -0.3 is 11.2 Å². The van der Waals surface area contributed by atoms with Crippen LogP contribution in [0.4, 0.5) is 0 Å². The van der Waals surface area contributed by atoms with Crippen molar-refractivity contribution in [3.8, 4) is 0 Å². The number of rotatable bonds is 0. The van der Waals surface area contributed by atoms with Crippen LogP contribution in [-0.2, 0) is 0 Å². The zero-order valence-corrected chi connectivity index (χ0v) is 6.80. The minimum Gasteiger partial charge on any atom is -1.00 e. The summed E-state index contributed by atoms with van der Waals surface area (Å²) in [6.45, 7) is 0. The van der Waals surface area contributed by atoms with Gasteiger partial charge in [-0.1, -0.05) is 7.43 Å². The summed E-state index contributed by atoms with van der Waals surface area (Å²) in [5, 5.41) is 0. The molecule has 0 aromatic heterocycles. The van der Waals surface area contributed by atoms with Crippen molar-refractivity contribution in [1.82, 2.24) is 0 Å². The first-order valence-corrected chi connectivity index (χ1v) is 0. The van der Waals surface area contributed by atoms with Crippen LogP contribution in [0.3, 0.4) is 0 Å². The van der Waals surface area contributed by atoms with Crippen molar-refractivity contribution in [2.45, 2.75) is 7.43 Å². The zero-order valence-electron chi connectivity index (χ0n) is 5.91. The van der Waals surface area contributed by atoms with Gasteiger partial charge in [0.2, 0.25) is 0 Å². The molecule has 0 saturated carbocycles. The van der Waals surface area contributed by atoms with Gasteiger partial charge in [0.1, 0.15) is 0 Å². The Morgan fingerprint density at radius 2 is 1.25 bits per heavy atom. The third-order valence-corrected chi connectivity index (χ3v) is 0. The van der Waals surface area contributed by atoms with Crippen molar-refractivity contribution in [2.75, 3.05) is 0 Å². The molecule has 0 bridgehead atoms. The number of hydrogen-bond acceptors (Lipinski definition) is 0. The van der Waals surface area contributed by atoms with Crippen molar-refractivity contribution in [3.05, 3.63) is 0 Å². The molecule has 0 aromatic rings. The second kappa shape index (κ2) is 18.9. The first-order valence-electron chi connectivity index (χ1n) is 0. The van der Waals surface area contributed by atoms with Crippen LogP contribution in [0.5, 0.6) is 0 Å². The Hall–Kier alpha value is 2.21. The summed E-state index contributed by atoms with van der Waals surface area (Å²) in [6, 6.07) is 0. The van der Waals surface area contributed by atoms with E-state index in [0.29, 0.717) is 0 Å². The normalized spacial score (nSPS) is 0. The maximum atomic E-state index is 0. The average molecular weight is 150 g/mol. The molecule has 0 atom stereocenters. The van der Waals surface area contributed by atoms with Crippen LogP contribution < -0.4 is 0 Å². The summed E-state index contributed by atoms with van der Waals surface area (Å²) in [7, 11) is 0. The van der Waals surface area contributed by atoms with Crippen molar-refractivity contribution in [3.63, 3.8) is 0 Å². The minimum atomic E-state index is 0. The predicted octanol–water partition coefficient (Wildman–Crippen LogP) is -0.500. The van der Waals surface area contributed by atoms with Crippen molar-refractivity contribution >= 4 is 68.5 Å². The third kappa shape index (κ3) is 8.88. The van der Waals surface area contributed by atoms with Crippen molar-refractivity contribution in [1.29, 1.82) is 0 Å². The Morgan fingerprint density at radius 1 is 1.25 bits per heavy atom. The van der Waals surface area contributed by atoms with E-state index in [1.54, 1.807) is 0 Å². The quantitative estimate of drug-likeness (QED) is 0.417. The maximum absolute atomic E-state index is 0. The van der Waals surface area contributed by atoms with E-state index >= 15 is 0 Å². The van der Waals surface area contributed by atoms with E-state index in [0.717, 1.165) is 0 Å². The van der Waals surface area contributed by atoms with E-state index in [9.17, 15) is 0 Å². The van der Waals surface area contributed by atoms with Crippen molar-refractivity contribution in [2.24, 2.45) is 0 Å². The van der Waals surface area contributed by atoms with Crippen LogP contribution in [0.15, 0.2) is 0 Å². The molecule has 0 radical (unpaired) electrons. The van der Waals surface area contributed by atoms with Gasteiger partial charge in [0, 0.05) is 0 Å². The molecular formula is CH10MgOSr. The molecule has 4 heavy (non-hydrogen) atoms. The molecule has 0 heterocycles. The average Bonchev–Trinajstić information content (AvgIpc) is 0. The molecule has 0 aliphatic rings. The first-order chi connectivity index (χ1) is 0. The molecule has 0 rings (SSSR count). The van der Waals surface area contributed by atoms with Crippen molar-refractivity contribution < 1.29 is 11.2 Å². The summed E-state index contributed by atoms with van der Waals surface area (Å²) in [4.78, 5) is 0. The fourth-order valence-electron chi connectivity index (χ4n) is 0. The van der Waals surface area contributed by atoms with Gasteiger partial charge in [-0.2, -0.15) is 0 Å². The summed E-state index contributed by atoms with van der Waals surface area (Å²) in [6.07, 6.45) is 0. The summed E-state index contributed by atoms with van der Waals surface area (Å²) >= 11 is 0. The Kier molecular flexibility index (Phi) is 163.